The molecule has 9 heteroatoms. The fourth-order valence-corrected chi connectivity index (χ4v) is 3.36. The van der Waals surface area contributed by atoms with Gasteiger partial charge < -0.3 is 19.9 Å². The zero-order valence-electron chi connectivity index (χ0n) is 16.3. The number of carbonyl (C=O) groups excluding carboxylic acids is 2. The third-order valence-corrected chi connectivity index (χ3v) is 5.03. The van der Waals surface area contributed by atoms with E-state index in [1.165, 1.54) is 25.8 Å². The topological polar surface area (TPSA) is 98.1 Å². The maximum absolute atomic E-state index is 12.5. The monoisotopic (exact) mass is 411 g/mol. The van der Waals surface area contributed by atoms with Gasteiger partial charge in [0, 0.05) is 25.6 Å². The van der Waals surface area contributed by atoms with Crippen molar-refractivity contribution in [1.29, 1.82) is 0 Å². The molecule has 0 atom stereocenters. The van der Waals surface area contributed by atoms with Crippen molar-refractivity contribution in [2.75, 3.05) is 23.5 Å². The van der Waals surface area contributed by atoms with E-state index in [-0.39, 0.29) is 17.6 Å². The van der Waals surface area contributed by atoms with E-state index in [0.717, 1.165) is 11.4 Å². The SMILES string of the molecule is COc1ccc(NC(C)=O)c(NC(=O)CSc2nnc(-c3ccccc3)n2C)c1. The first-order valence-electron chi connectivity index (χ1n) is 8.81. The van der Waals surface area contributed by atoms with Crippen LogP contribution in [0.4, 0.5) is 11.4 Å². The summed E-state index contributed by atoms with van der Waals surface area (Å²) in [5.74, 6) is 0.973. The summed E-state index contributed by atoms with van der Waals surface area (Å²) in [5.41, 5.74) is 1.92. The number of ether oxygens (including phenoxy) is 1. The van der Waals surface area contributed by atoms with Crippen LogP contribution in [0.5, 0.6) is 5.75 Å². The summed E-state index contributed by atoms with van der Waals surface area (Å²) in [6.45, 7) is 1.41. The molecule has 0 unspecified atom stereocenters. The molecule has 1 aromatic heterocycles. The summed E-state index contributed by atoms with van der Waals surface area (Å²) in [6.07, 6.45) is 0. The number of thioether (sulfide) groups is 1. The summed E-state index contributed by atoms with van der Waals surface area (Å²) < 4.78 is 7.04. The van der Waals surface area contributed by atoms with E-state index in [1.807, 2.05) is 41.9 Å². The molecular formula is C20H21N5O3S. The second-order valence-electron chi connectivity index (χ2n) is 6.16. The van der Waals surface area contributed by atoms with Gasteiger partial charge in [0.25, 0.3) is 0 Å². The van der Waals surface area contributed by atoms with Crippen LogP contribution in [0.2, 0.25) is 0 Å². The number of carbonyl (C=O) groups is 2. The highest BCUT2D eigenvalue weighted by Gasteiger charge is 2.14. The highest BCUT2D eigenvalue weighted by Crippen LogP contribution is 2.28. The van der Waals surface area contributed by atoms with Gasteiger partial charge in [-0.2, -0.15) is 0 Å². The van der Waals surface area contributed by atoms with Gasteiger partial charge in [0.2, 0.25) is 11.8 Å². The predicted octanol–water partition coefficient (Wildman–Crippen LogP) is 3.18. The Bertz CT molecular complexity index is 1020. The highest BCUT2D eigenvalue weighted by molar-refractivity contribution is 7.99. The van der Waals surface area contributed by atoms with Gasteiger partial charge in [-0.3, -0.25) is 9.59 Å². The van der Waals surface area contributed by atoms with Crippen LogP contribution in [0.3, 0.4) is 0 Å². The molecule has 150 valence electrons. The highest BCUT2D eigenvalue weighted by atomic mass is 32.2. The Morgan fingerprint density at radius 1 is 1.07 bits per heavy atom. The average molecular weight is 411 g/mol. The van der Waals surface area contributed by atoms with Gasteiger partial charge in [-0.15, -0.1) is 10.2 Å². The molecule has 3 aromatic rings. The summed E-state index contributed by atoms with van der Waals surface area (Å²) in [7, 11) is 3.40. The lowest BCUT2D eigenvalue weighted by Gasteiger charge is -2.13. The number of hydrogen-bond donors (Lipinski definition) is 2. The number of aromatic nitrogens is 3. The average Bonchev–Trinajstić information content (AvgIpc) is 3.08. The van der Waals surface area contributed by atoms with Crippen LogP contribution in [0, 0.1) is 0 Å². The van der Waals surface area contributed by atoms with Crippen LogP contribution in [0.25, 0.3) is 11.4 Å². The van der Waals surface area contributed by atoms with Crippen LogP contribution >= 0.6 is 11.8 Å². The van der Waals surface area contributed by atoms with Crippen LogP contribution in [0.1, 0.15) is 6.92 Å². The normalized spacial score (nSPS) is 10.4. The van der Waals surface area contributed by atoms with Crippen molar-refractivity contribution in [1.82, 2.24) is 14.8 Å². The second kappa shape index (κ2) is 9.24. The molecule has 1 heterocycles. The Kier molecular flexibility index (Phi) is 6.50. The number of hydrogen-bond acceptors (Lipinski definition) is 6. The van der Waals surface area contributed by atoms with E-state index < -0.39 is 0 Å². The zero-order valence-corrected chi connectivity index (χ0v) is 17.1. The lowest BCUT2D eigenvalue weighted by Crippen LogP contribution is -2.17. The molecule has 0 spiro atoms. The van der Waals surface area contributed by atoms with Gasteiger partial charge in [-0.05, 0) is 12.1 Å². The lowest BCUT2D eigenvalue weighted by molar-refractivity contribution is -0.115. The molecule has 0 aliphatic heterocycles. The third-order valence-electron chi connectivity index (χ3n) is 4.01. The van der Waals surface area contributed by atoms with Gasteiger partial charge in [-0.1, -0.05) is 42.1 Å². The Hall–Kier alpha value is -3.33. The fourth-order valence-electron chi connectivity index (χ4n) is 2.65. The van der Waals surface area contributed by atoms with Gasteiger partial charge in [-0.25, -0.2) is 0 Å². The van der Waals surface area contributed by atoms with Crippen molar-refractivity contribution in [3.63, 3.8) is 0 Å². The van der Waals surface area contributed by atoms with Crippen molar-refractivity contribution in [2.24, 2.45) is 7.05 Å². The van der Waals surface area contributed by atoms with Crippen molar-refractivity contribution in [2.45, 2.75) is 12.1 Å². The number of nitrogens with one attached hydrogen (secondary N) is 2. The molecule has 0 saturated carbocycles. The van der Waals surface area contributed by atoms with Crippen LogP contribution in [-0.4, -0.2) is 39.4 Å². The quantitative estimate of drug-likeness (QED) is 0.580. The Balaban J connectivity index is 1.68. The van der Waals surface area contributed by atoms with E-state index in [0.29, 0.717) is 22.3 Å². The van der Waals surface area contributed by atoms with Gasteiger partial charge in [0.15, 0.2) is 11.0 Å². The molecule has 0 saturated heterocycles. The van der Waals surface area contributed by atoms with Gasteiger partial charge in [0.05, 0.1) is 24.2 Å². The molecule has 3 rings (SSSR count). The number of rotatable bonds is 7. The van der Waals surface area contributed by atoms with E-state index in [1.54, 1.807) is 18.2 Å². The van der Waals surface area contributed by atoms with E-state index >= 15 is 0 Å². The molecule has 0 aliphatic rings. The minimum Gasteiger partial charge on any atom is -0.497 e. The number of methoxy groups -OCH3 is 1. The van der Waals surface area contributed by atoms with E-state index in [9.17, 15) is 9.59 Å². The number of anilines is 2. The maximum atomic E-state index is 12.5. The predicted molar refractivity (Wildman–Crippen MR) is 113 cm³/mol. The smallest absolute Gasteiger partial charge is 0.234 e. The first kappa shape index (κ1) is 20.4. The van der Waals surface area contributed by atoms with Crippen molar-refractivity contribution in [3.8, 4) is 17.1 Å². The fraction of sp³-hybridized carbons (Fsp3) is 0.200. The number of benzene rings is 2. The zero-order chi connectivity index (χ0) is 20.8. The maximum Gasteiger partial charge on any atom is 0.234 e. The number of amides is 2. The van der Waals surface area contributed by atoms with Crippen molar-refractivity contribution in [3.05, 3.63) is 48.5 Å². The summed E-state index contributed by atoms with van der Waals surface area (Å²) in [6, 6.07) is 14.8. The summed E-state index contributed by atoms with van der Waals surface area (Å²) in [4.78, 5) is 23.9. The van der Waals surface area contributed by atoms with Crippen molar-refractivity contribution >= 4 is 35.0 Å². The molecular weight excluding hydrogens is 390 g/mol. The minimum absolute atomic E-state index is 0.136. The largest absolute Gasteiger partial charge is 0.497 e. The lowest BCUT2D eigenvalue weighted by atomic mass is 10.2. The van der Waals surface area contributed by atoms with E-state index in [2.05, 4.69) is 20.8 Å². The Morgan fingerprint density at radius 3 is 2.52 bits per heavy atom. The van der Waals surface area contributed by atoms with E-state index in [4.69, 9.17) is 4.74 Å². The molecule has 0 fully saturated rings. The second-order valence-corrected chi connectivity index (χ2v) is 7.10. The summed E-state index contributed by atoms with van der Waals surface area (Å²) in [5, 5.41) is 14.5. The molecule has 0 aliphatic carbocycles. The van der Waals surface area contributed by atoms with Gasteiger partial charge >= 0.3 is 0 Å². The van der Waals surface area contributed by atoms with Crippen molar-refractivity contribution < 1.29 is 14.3 Å². The molecule has 29 heavy (non-hydrogen) atoms. The standard InChI is InChI=1S/C20H21N5O3S/c1-13(26)21-16-10-9-15(28-3)11-17(16)22-18(27)12-29-20-24-23-19(25(20)2)14-7-5-4-6-8-14/h4-11H,12H2,1-3H3,(H,21,26)(H,22,27). The molecule has 8 nitrogen and oxygen atoms in total. The van der Waals surface area contributed by atoms with Crippen LogP contribution in [0.15, 0.2) is 53.7 Å². The molecule has 0 bridgehead atoms. The van der Waals surface area contributed by atoms with Gasteiger partial charge in [0.1, 0.15) is 5.75 Å². The minimum atomic E-state index is -0.237. The van der Waals surface area contributed by atoms with Crippen LogP contribution in [-0.2, 0) is 16.6 Å². The Morgan fingerprint density at radius 2 is 1.83 bits per heavy atom. The first-order chi connectivity index (χ1) is 14.0. The number of nitrogens with zero attached hydrogens (tertiary/aromatic N) is 3. The Labute approximate surface area is 172 Å². The molecule has 0 radical (unpaired) electrons. The molecule has 2 N–H and O–H groups in total. The van der Waals surface area contributed by atoms with Crippen LogP contribution < -0.4 is 15.4 Å². The third kappa shape index (κ3) is 5.14. The first-order valence-corrected chi connectivity index (χ1v) is 9.79. The summed E-state index contributed by atoms with van der Waals surface area (Å²) >= 11 is 1.28. The molecule has 2 aromatic carbocycles. The molecule has 2 amide bonds.